The Morgan fingerprint density at radius 1 is 1.28 bits per heavy atom. The minimum atomic E-state index is -4.67. The number of Topliss-reactive ketones (excluding diaryl/α,β-unsaturated/α-hetero) is 1. The Hall–Kier alpha value is -1.78. The molecule has 1 aromatic heterocycles. The number of hydrogen-bond acceptors (Lipinski definition) is 5. The fourth-order valence-electron chi connectivity index (χ4n) is 2.13. The highest BCUT2D eigenvalue weighted by atomic mass is 35.5. The number of halogens is 5. The van der Waals surface area contributed by atoms with Gasteiger partial charge in [0.15, 0.2) is 5.78 Å². The van der Waals surface area contributed by atoms with Gasteiger partial charge in [-0.3, -0.25) is 4.79 Å². The zero-order valence-electron chi connectivity index (χ0n) is 12.4. The molecule has 0 aliphatic carbocycles. The standard InChI is InChI=1S/C13H10Cl2F3N3O3S/c1-5(22)10-7(4-25(23)24)12(19)21(20-10)11-8(14)2-6(3-9(11)15)13(16,17)18/h2-3,25H,4,19H2,1H3. The second-order valence-corrected chi connectivity index (χ2v) is 6.75. The van der Waals surface area contributed by atoms with Gasteiger partial charge in [-0.25, -0.2) is 13.1 Å². The fourth-order valence-corrected chi connectivity index (χ4v) is 3.35. The van der Waals surface area contributed by atoms with E-state index in [1.165, 1.54) is 0 Å². The molecule has 0 aliphatic rings. The van der Waals surface area contributed by atoms with Gasteiger partial charge in [-0.2, -0.15) is 18.3 Å². The maximum atomic E-state index is 12.8. The van der Waals surface area contributed by atoms with Crippen molar-refractivity contribution in [1.82, 2.24) is 9.78 Å². The van der Waals surface area contributed by atoms with Crippen molar-refractivity contribution >= 4 is 45.5 Å². The Morgan fingerprint density at radius 3 is 2.20 bits per heavy atom. The number of aromatic nitrogens is 2. The molecule has 0 spiro atoms. The van der Waals surface area contributed by atoms with Gasteiger partial charge in [-0.15, -0.1) is 0 Å². The lowest BCUT2D eigenvalue weighted by Gasteiger charge is -2.13. The van der Waals surface area contributed by atoms with Gasteiger partial charge in [0.25, 0.3) is 0 Å². The Morgan fingerprint density at radius 2 is 1.80 bits per heavy atom. The number of nitrogens with zero attached hydrogens (tertiary/aromatic N) is 2. The van der Waals surface area contributed by atoms with Crippen LogP contribution in [0.3, 0.4) is 0 Å². The second-order valence-electron chi connectivity index (χ2n) is 4.96. The molecule has 0 saturated heterocycles. The van der Waals surface area contributed by atoms with Crippen molar-refractivity contribution in [3.8, 4) is 5.69 Å². The molecule has 1 heterocycles. The summed E-state index contributed by atoms with van der Waals surface area (Å²) in [6, 6.07) is 1.26. The van der Waals surface area contributed by atoms with E-state index in [9.17, 15) is 26.4 Å². The minimum Gasteiger partial charge on any atom is -0.383 e. The fraction of sp³-hybridized carbons (Fsp3) is 0.231. The van der Waals surface area contributed by atoms with E-state index in [1.807, 2.05) is 0 Å². The van der Waals surface area contributed by atoms with Crippen LogP contribution in [-0.2, 0) is 22.6 Å². The van der Waals surface area contributed by atoms with Crippen molar-refractivity contribution in [1.29, 1.82) is 0 Å². The van der Waals surface area contributed by atoms with Crippen molar-refractivity contribution in [2.45, 2.75) is 18.9 Å². The average Bonchev–Trinajstić information content (AvgIpc) is 2.75. The number of rotatable bonds is 4. The number of anilines is 1. The van der Waals surface area contributed by atoms with Crippen LogP contribution in [0.25, 0.3) is 5.69 Å². The van der Waals surface area contributed by atoms with Crippen molar-refractivity contribution in [2.24, 2.45) is 0 Å². The Kier molecular flexibility index (Phi) is 5.35. The quantitative estimate of drug-likeness (QED) is 0.590. The van der Waals surface area contributed by atoms with Crippen LogP contribution in [-0.4, -0.2) is 24.0 Å². The summed E-state index contributed by atoms with van der Waals surface area (Å²) >= 11 is 11.8. The van der Waals surface area contributed by atoms with E-state index in [0.29, 0.717) is 12.1 Å². The molecule has 0 saturated carbocycles. The van der Waals surface area contributed by atoms with E-state index < -0.39 is 44.0 Å². The molecular weight excluding hydrogens is 406 g/mol. The first kappa shape index (κ1) is 19.5. The lowest BCUT2D eigenvalue weighted by Crippen LogP contribution is -2.09. The predicted molar refractivity (Wildman–Crippen MR) is 87.0 cm³/mol. The lowest BCUT2D eigenvalue weighted by molar-refractivity contribution is -0.137. The first-order valence-electron chi connectivity index (χ1n) is 6.50. The first-order valence-corrected chi connectivity index (χ1v) is 8.62. The zero-order chi connectivity index (χ0) is 19.1. The molecule has 2 rings (SSSR count). The van der Waals surface area contributed by atoms with Gasteiger partial charge in [0, 0.05) is 12.5 Å². The van der Waals surface area contributed by atoms with Crippen molar-refractivity contribution in [3.05, 3.63) is 39.0 Å². The number of ketones is 1. The average molecular weight is 416 g/mol. The number of hydrogen-bond donors (Lipinski definition) is 2. The molecule has 0 radical (unpaired) electrons. The zero-order valence-corrected chi connectivity index (χ0v) is 14.8. The van der Waals surface area contributed by atoms with E-state index in [-0.39, 0.29) is 22.8 Å². The summed E-state index contributed by atoms with van der Waals surface area (Å²) in [6.07, 6.45) is -4.67. The summed E-state index contributed by atoms with van der Waals surface area (Å²) in [7, 11) is -2.93. The summed E-state index contributed by atoms with van der Waals surface area (Å²) in [6.45, 7) is 1.14. The molecule has 0 fully saturated rings. The molecule has 12 heteroatoms. The summed E-state index contributed by atoms with van der Waals surface area (Å²) in [4.78, 5) is 11.7. The van der Waals surface area contributed by atoms with Crippen LogP contribution >= 0.6 is 23.2 Å². The van der Waals surface area contributed by atoms with Gasteiger partial charge in [0.1, 0.15) is 27.9 Å². The molecule has 136 valence electrons. The SMILES string of the molecule is CC(=O)c1nn(-c2c(Cl)cc(C(F)(F)F)cc2Cl)c(N)c1C[SH](=O)=O. The largest absolute Gasteiger partial charge is 0.416 e. The highest BCUT2D eigenvalue weighted by molar-refractivity contribution is 7.71. The van der Waals surface area contributed by atoms with Crippen LogP contribution in [0.1, 0.15) is 28.5 Å². The molecule has 0 atom stereocenters. The minimum absolute atomic E-state index is 0.0735. The molecule has 0 amide bonds. The normalized spacial score (nSPS) is 12.0. The molecule has 6 nitrogen and oxygen atoms in total. The third-order valence-corrected chi connectivity index (χ3v) is 4.35. The van der Waals surface area contributed by atoms with Crippen LogP contribution in [0.15, 0.2) is 12.1 Å². The van der Waals surface area contributed by atoms with Crippen LogP contribution < -0.4 is 5.73 Å². The lowest BCUT2D eigenvalue weighted by atomic mass is 10.2. The van der Waals surface area contributed by atoms with Crippen molar-refractivity contribution < 1.29 is 26.4 Å². The Labute approximate surface area is 151 Å². The van der Waals surface area contributed by atoms with E-state index in [4.69, 9.17) is 28.9 Å². The number of nitrogen functional groups attached to an aromatic ring is 1. The van der Waals surface area contributed by atoms with E-state index >= 15 is 0 Å². The van der Waals surface area contributed by atoms with E-state index in [2.05, 4.69) is 5.10 Å². The summed E-state index contributed by atoms with van der Waals surface area (Å²) < 4.78 is 61.2. The van der Waals surface area contributed by atoms with Gasteiger partial charge in [-0.05, 0) is 12.1 Å². The van der Waals surface area contributed by atoms with E-state index in [0.717, 1.165) is 11.6 Å². The summed E-state index contributed by atoms with van der Waals surface area (Å²) in [5.41, 5.74) is 4.25. The second kappa shape index (κ2) is 6.85. The molecular formula is C13H10Cl2F3N3O3S. The molecule has 25 heavy (non-hydrogen) atoms. The van der Waals surface area contributed by atoms with Crippen molar-refractivity contribution in [2.75, 3.05) is 5.73 Å². The third kappa shape index (κ3) is 3.91. The molecule has 0 aliphatic heterocycles. The maximum Gasteiger partial charge on any atom is 0.416 e. The molecule has 0 unspecified atom stereocenters. The highest BCUT2D eigenvalue weighted by Crippen LogP contribution is 2.38. The Bertz CT molecular complexity index is 908. The summed E-state index contributed by atoms with van der Waals surface area (Å²) in [5, 5.41) is 3.04. The molecule has 2 aromatic rings. The van der Waals surface area contributed by atoms with Crippen LogP contribution in [0.5, 0.6) is 0 Å². The third-order valence-electron chi connectivity index (χ3n) is 3.20. The highest BCUT2D eigenvalue weighted by Gasteiger charge is 2.33. The molecule has 1 aromatic carbocycles. The number of thiol groups is 1. The smallest absolute Gasteiger partial charge is 0.383 e. The number of nitrogens with two attached hydrogens (primary N) is 1. The van der Waals surface area contributed by atoms with Gasteiger partial charge >= 0.3 is 6.18 Å². The monoisotopic (exact) mass is 415 g/mol. The predicted octanol–water partition coefficient (Wildman–Crippen LogP) is 3.09. The van der Waals surface area contributed by atoms with Crippen LogP contribution in [0, 0.1) is 0 Å². The first-order chi connectivity index (χ1) is 11.4. The topological polar surface area (TPSA) is 95.0 Å². The number of benzene rings is 1. The van der Waals surface area contributed by atoms with Gasteiger partial charge in [0.05, 0.1) is 21.4 Å². The maximum absolute atomic E-state index is 12.8. The number of alkyl halides is 3. The van der Waals surface area contributed by atoms with Gasteiger partial charge < -0.3 is 5.73 Å². The number of carbonyl (C=O) groups excluding carboxylic acids is 1. The molecule has 2 N–H and O–H groups in total. The summed E-state index contributed by atoms with van der Waals surface area (Å²) in [5.74, 6) is -1.39. The molecule has 0 bridgehead atoms. The van der Waals surface area contributed by atoms with Crippen LogP contribution in [0.4, 0.5) is 19.0 Å². The Balaban J connectivity index is 2.73. The van der Waals surface area contributed by atoms with Crippen LogP contribution in [0.2, 0.25) is 10.0 Å². The van der Waals surface area contributed by atoms with E-state index in [1.54, 1.807) is 0 Å². The van der Waals surface area contributed by atoms with Gasteiger partial charge in [0.2, 0.25) is 0 Å². The van der Waals surface area contributed by atoms with Crippen molar-refractivity contribution in [3.63, 3.8) is 0 Å². The number of carbonyl (C=O) groups is 1. The van der Waals surface area contributed by atoms with Gasteiger partial charge in [-0.1, -0.05) is 23.2 Å².